The number of nitrogens with one attached hydrogen (secondary N) is 1. The topological polar surface area (TPSA) is 92.0 Å². The molecule has 0 spiro atoms. The molecule has 0 amide bonds. The molecule has 4 N–H and O–H groups in total. The van der Waals surface area contributed by atoms with Gasteiger partial charge in [-0.3, -0.25) is 4.79 Å². The van der Waals surface area contributed by atoms with Gasteiger partial charge < -0.3 is 15.8 Å². The van der Waals surface area contributed by atoms with Crippen molar-refractivity contribution in [2.45, 2.75) is 6.42 Å². The average molecular weight is 266 g/mol. The van der Waals surface area contributed by atoms with E-state index in [2.05, 4.69) is 9.97 Å². The molecule has 0 fully saturated rings. The third kappa shape index (κ3) is 2.52. The second-order valence-electron chi connectivity index (χ2n) is 3.76. The lowest BCUT2D eigenvalue weighted by molar-refractivity contribution is 0.450. The van der Waals surface area contributed by atoms with E-state index in [1.165, 1.54) is 0 Å². The molecule has 1 aromatic carbocycles. The Kier molecular flexibility index (Phi) is 3.64. The molecule has 0 atom stereocenters. The fourth-order valence-corrected chi connectivity index (χ4v) is 1.76. The van der Waals surface area contributed by atoms with Crippen molar-refractivity contribution in [3.63, 3.8) is 0 Å². The Morgan fingerprint density at radius 2 is 2.00 bits per heavy atom. The zero-order valence-electron chi connectivity index (χ0n) is 9.48. The van der Waals surface area contributed by atoms with Crippen LogP contribution in [0, 0.1) is 0 Å². The van der Waals surface area contributed by atoms with Crippen LogP contribution in [0.4, 0.5) is 0 Å². The van der Waals surface area contributed by atoms with Crippen LogP contribution in [0.1, 0.15) is 5.82 Å². The largest absolute Gasteiger partial charge is 0.493 e. The Balaban J connectivity index is 2.52. The first-order valence-corrected chi connectivity index (χ1v) is 5.78. The molecule has 1 heterocycles. The van der Waals surface area contributed by atoms with Gasteiger partial charge in [0.2, 0.25) is 5.88 Å². The van der Waals surface area contributed by atoms with E-state index in [1.807, 2.05) is 0 Å². The van der Waals surface area contributed by atoms with Gasteiger partial charge in [0.25, 0.3) is 5.56 Å². The van der Waals surface area contributed by atoms with E-state index in [-0.39, 0.29) is 11.4 Å². The number of rotatable bonds is 3. The maximum Gasteiger partial charge on any atom is 0.262 e. The van der Waals surface area contributed by atoms with E-state index in [0.717, 1.165) is 0 Å². The summed E-state index contributed by atoms with van der Waals surface area (Å²) in [4.78, 5) is 18.4. The van der Waals surface area contributed by atoms with Gasteiger partial charge >= 0.3 is 0 Å². The highest BCUT2D eigenvalue weighted by Gasteiger charge is 2.12. The second kappa shape index (κ2) is 5.20. The lowest BCUT2D eigenvalue weighted by Gasteiger charge is -2.05. The lowest BCUT2D eigenvalue weighted by Crippen LogP contribution is -2.16. The smallest absolute Gasteiger partial charge is 0.262 e. The predicted octanol–water partition coefficient (Wildman–Crippen LogP) is 1.30. The predicted molar refractivity (Wildman–Crippen MR) is 69.7 cm³/mol. The van der Waals surface area contributed by atoms with Crippen molar-refractivity contribution < 1.29 is 5.11 Å². The van der Waals surface area contributed by atoms with Crippen molar-refractivity contribution in [3.8, 4) is 17.0 Å². The summed E-state index contributed by atoms with van der Waals surface area (Å²) in [5.74, 6) is 0.0715. The van der Waals surface area contributed by atoms with Crippen LogP contribution in [0.25, 0.3) is 11.1 Å². The molecule has 0 aliphatic carbocycles. The third-order valence-electron chi connectivity index (χ3n) is 2.46. The highest BCUT2D eigenvalue weighted by molar-refractivity contribution is 6.30. The fraction of sp³-hybridized carbons (Fsp3) is 0.167. The van der Waals surface area contributed by atoms with Gasteiger partial charge in [-0.2, -0.15) is 4.98 Å². The van der Waals surface area contributed by atoms with Crippen LogP contribution in [0.15, 0.2) is 29.1 Å². The molecule has 0 aliphatic heterocycles. The number of aromatic amines is 1. The van der Waals surface area contributed by atoms with Crippen molar-refractivity contribution >= 4 is 11.6 Å². The number of aromatic hydroxyl groups is 1. The minimum absolute atomic E-state index is 0.132. The Morgan fingerprint density at radius 3 is 2.56 bits per heavy atom. The zero-order valence-corrected chi connectivity index (χ0v) is 10.2. The fourth-order valence-electron chi connectivity index (χ4n) is 1.64. The number of H-pyrrole nitrogens is 1. The van der Waals surface area contributed by atoms with Crippen LogP contribution < -0.4 is 11.3 Å². The highest BCUT2D eigenvalue weighted by Crippen LogP contribution is 2.24. The number of benzene rings is 1. The Bertz CT molecular complexity index is 608. The van der Waals surface area contributed by atoms with Crippen LogP contribution >= 0.6 is 11.6 Å². The molecule has 2 aromatic rings. The van der Waals surface area contributed by atoms with Gasteiger partial charge in [0.15, 0.2) is 0 Å². The number of hydrogen-bond donors (Lipinski definition) is 3. The van der Waals surface area contributed by atoms with E-state index >= 15 is 0 Å². The van der Waals surface area contributed by atoms with Crippen LogP contribution in [-0.2, 0) is 6.42 Å². The number of nitrogens with zero attached hydrogens (tertiary/aromatic N) is 1. The molecule has 0 radical (unpaired) electrons. The summed E-state index contributed by atoms with van der Waals surface area (Å²) in [6.45, 7) is 0.350. The van der Waals surface area contributed by atoms with Crippen molar-refractivity contribution in [3.05, 3.63) is 45.5 Å². The summed E-state index contributed by atoms with van der Waals surface area (Å²) < 4.78 is 0. The van der Waals surface area contributed by atoms with Crippen LogP contribution in [0.2, 0.25) is 5.02 Å². The van der Waals surface area contributed by atoms with Gasteiger partial charge in [-0.05, 0) is 24.2 Å². The van der Waals surface area contributed by atoms with Crippen molar-refractivity contribution in [2.75, 3.05) is 6.54 Å². The normalized spacial score (nSPS) is 10.6. The third-order valence-corrected chi connectivity index (χ3v) is 2.72. The van der Waals surface area contributed by atoms with Crippen LogP contribution in [0.3, 0.4) is 0 Å². The van der Waals surface area contributed by atoms with Crippen molar-refractivity contribution in [1.29, 1.82) is 0 Å². The van der Waals surface area contributed by atoms with Gasteiger partial charge in [0.05, 0.1) is 0 Å². The second-order valence-corrected chi connectivity index (χ2v) is 4.19. The van der Waals surface area contributed by atoms with Gasteiger partial charge in [-0.25, -0.2) is 0 Å². The number of hydrogen-bond acceptors (Lipinski definition) is 4. The van der Waals surface area contributed by atoms with E-state index in [0.29, 0.717) is 29.4 Å². The van der Waals surface area contributed by atoms with E-state index in [9.17, 15) is 9.90 Å². The Morgan fingerprint density at radius 1 is 1.33 bits per heavy atom. The number of aromatic nitrogens is 2. The molecule has 6 heteroatoms. The van der Waals surface area contributed by atoms with Crippen LogP contribution in [-0.4, -0.2) is 21.6 Å². The van der Waals surface area contributed by atoms with Gasteiger partial charge in [0.1, 0.15) is 11.4 Å². The van der Waals surface area contributed by atoms with Crippen LogP contribution in [0.5, 0.6) is 5.88 Å². The summed E-state index contributed by atoms with van der Waals surface area (Å²) in [6.07, 6.45) is 0.406. The SMILES string of the molecule is NCCc1nc(O)c(-c2ccc(Cl)cc2)c(=O)[nH]1. The maximum absolute atomic E-state index is 11.9. The Hall–Kier alpha value is -1.85. The summed E-state index contributed by atoms with van der Waals surface area (Å²) in [7, 11) is 0. The molecule has 0 saturated carbocycles. The minimum Gasteiger partial charge on any atom is -0.493 e. The molecule has 18 heavy (non-hydrogen) atoms. The van der Waals surface area contributed by atoms with Crippen molar-refractivity contribution in [2.24, 2.45) is 5.73 Å². The van der Waals surface area contributed by atoms with Crippen molar-refractivity contribution in [1.82, 2.24) is 9.97 Å². The molecule has 0 saturated heterocycles. The molecule has 0 unspecified atom stereocenters. The molecule has 0 aliphatic rings. The minimum atomic E-state index is -0.395. The highest BCUT2D eigenvalue weighted by atomic mass is 35.5. The van der Waals surface area contributed by atoms with E-state index in [4.69, 9.17) is 17.3 Å². The summed E-state index contributed by atoms with van der Waals surface area (Å²) in [5, 5.41) is 10.4. The lowest BCUT2D eigenvalue weighted by atomic mass is 10.1. The standard InChI is InChI=1S/C12H12ClN3O2/c13-8-3-1-7(2-4-8)10-11(17)15-9(5-6-14)16-12(10)18/h1-4H,5-6,14H2,(H2,15,16,17,18). The van der Waals surface area contributed by atoms with E-state index in [1.54, 1.807) is 24.3 Å². The zero-order chi connectivity index (χ0) is 13.1. The quantitative estimate of drug-likeness (QED) is 0.780. The molecule has 94 valence electrons. The molecule has 1 aromatic heterocycles. The van der Waals surface area contributed by atoms with Gasteiger partial charge in [0, 0.05) is 11.4 Å². The first-order valence-electron chi connectivity index (χ1n) is 5.40. The Labute approximate surface area is 108 Å². The molecule has 5 nitrogen and oxygen atoms in total. The summed E-state index contributed by atoms with van der Waals surface area (Å²) >= 11 is 5.77. The van der Waals surface area contributed by atoms with E-state index < -0.39 is 5.56 Å². The molecule has 2 rings (SSSR count). The molecular formula is C12H12ClN3O2. The molecule has 0 bridgehead atoms. The number of nitrogens with two attached hydrogens (primary N) is 1. The van der Waals surface area contributed by atoms with Gasteiger partial charge in [-0.1, -0.05) is 23.7 Å². The first-order chi connectivity index (χ1) is 8.61. The summed E-state index contributed by atoms with van der Waals surface area (Å²) in [6, 6.07) is 6.58. The molecular weight excluding hydrogens is 254 g/mol. The maximum atomic E-state index is 11.9. The average Bonchev–Trinajstić information content (AvgIpc) is 2.31. The summed E-state index contributed by atoms with van der Waals surface area (Å²) in [5.41, 5.74) is 5.67. The van der Waals surface area contributed by atoms with Gasteiger partial charge in [-0.15, -0.1) is 0 Å². The monoisotopic (exact) mass is 265 g/mol. The first kappa shape index (κ1) is 12.6. The number of halogens is 1.